The lowest BCUT2D eigenvalue weighted by molar-refractivity contribution is -0.143. The van der Waals surface area contributed by atoms with Gasteiger partial charge < -0.3 is 9.30 Å². The van der Waals surface area contributed by atoms with E-state index in [1.54, 1.807) is 25.1 Å². The number of pyridine rings is 1. The summed E-state index contributed by atoms with van der Waals surface area (Å²) in [6, 6.07) is 17.6. The lowest BCUT2D eigenvalue weighted by atomic mass is 10.1. The van der Waals surface area contributed by atoms with E-state index in [2.05, 4.69) is 4.99 Å². The van der Waals surface area contributed by atoms with Crippen LogP contribution in [0.1, 0.15) is 17.3 Å². The quantitative estimate of drug-likeness (QED) is 0.308. The van der Waals surface area contributed by atoms with Gasteiger partial charge in [0.25, 0.3) is 5.91 Å². The molecular formula is C25H18FN3O3S2. The summed E-state index contributed by atoms with van der Waals surface area (Å²) < 4.78 is 21.7. The van der Waals surface area contributed by atoms with Crippen molar-refractivity contribution >= 4 is 55.7 Å². The summed E-state index contributed by atoms with van der Waals surface area (Å²) in [6.45, 7) is 1.64. The van der Waals surface area contributed by atoms with E-state index in [1.165, 1.54) is 22.0 Å². The van der Waals surface area contributed by atoms with E-state index in [0.29, 0.717) is 26.9 Å². The molecule has 0 saturated carbocycles. The van der Waals surface area contributed by atoms with Gasteiger partial charge in [0.2, 0.25) is 0 Å². The van der Waals surface area contributed by atoms with E-state index in [-0.39, 0.29) is 23.5 Å². The van der Waals surface area contributed by atoms with Gasteiger partial charge in [-0.3, -0.25) is 9.59 Å². The minimum Gasteiger partial charge on any atom is -0.465 e. The van der Waals surface area contributed by atoms with Gasteiger partial charge >= 0.3 is 5.97 Å². The van der Waals surface area contributed by atoms with Gasteiger partial charge in [0.05, 0.1) is 38.5 Å². The fourth-order valence-electron chi connectivity index (χ4n) is 3.70. The maximum absolute atomic E-state index is 14.7. The Morgan fingerprint density at radius 1 is 1.12 bits per heavy atom. The number of benzene rings is 2. The van der Waals surface area contributed by atoms with Crippen molar-refractivity contribution in [2.75, 3.05) is 6.61 Å². The van der Waals surface area contributed by atoms with Crippen LogP contribution < -0.4 is 4.80 Å². The Labute approximate surface area is 201 Å². The number of fused-ring (bicyclic) bond motifs is 2. The topological polar surface area (TPSA) is 73.6 Å². The number of amides is 1. The Hall–Kier alpha value is -3.69. The molecule has 0 spiro atoms. The van der Waals surface area contributed by atoms with Gasteiger partial charge in [-0.15, -0.1) is 11.3 Å². The number of esters is 1. The summed E-state index contributed by atoms with van der Waals surface area (Å²) in [7, 11) is 0. The molecule has 3 heterocycles. The largest absolute Gasteiger partial charge is 0.465 e. The lowest BCUT2D eigenvalue weighted by Crippen LogP contribution is -2.23. The number of halogens is 1. The molecule has 5 aromatic rings. The Bertz CT molecular complexity index is 1600. The molecule has 0 N–H and O–H groups in total. The maximum Gasteiger partial charge on any atom is 0.326 e. The van der Waals surface area contributed by atoms with Crippen molar-refractivity contribution < 1.29 is 18.7 Å². The predicted octanol–water partition coefficient (Wildman–Crippen LogP) is 5.42. The van der Waals surface area contributed by atoms with Crippen molar-refractivity contribution in [2.24, 2.45) is 4.99 Å². The molecule has 0 aliphatic heterocycles. The molecule has 34 heavy (non-hydrogen) atoms. The average molecular weight is 492 g/mol. The molecule has 0 bridgehead atoms. The average Bonchev–Trinajstić information content (AvgIpc) is 3.48. The number of rotatable bonds is 5. The molecule has 9 heteroatoms. The van der Waals surface area contributed by atoms with Crippen molar-refractivity contribution in [2.45, 2.75) is 13.5 Å². The fourth-order valence-corrected chi connectivity index (χ4v) is 5.43. The lowest BCUT2D eigenvalue weighted by Gasteiger charge is -2.07. The molecule has 0 unspecified atom stereocenters. The normalized spacial score (nSPS) is 11.9. The van der Waals surface area contributed by atoms with Crippen LogP contribution in [-0.4, -0.2) is 28.0 Å². The number of carbonyl (C=O) groups excluding carboxylic acids is 2. The van der Waals surface area contributed by atoms with Gasteiger partial charge in [-0.05, 0) is 42.6 Å². The Morgan fingerprint density at radius 3 is 2.76 bits per heavy atom. The molecule has 6 nitrogen and oxygen atoms in total. The standard InChI is InChI=1S/C25H18FN3O3S2/c1-2-32-22(30)14-29-23-17(26)8-5-10-21(23)34-25(29)28-24(31)16-13-19(20-11-6-12-33-20)27-18-9-4-3-7-15(16)18/h3-13H,2,14H2,1H3. The van der Waals surface area contributed by atoms with Gasteiger partial charge in [-0.1, -0.05) is 41.7 Å². The van der Waals surface area contributed by atoms with Gasteiger partial charge in [-0.2, -0.15) is 4.99 Å². The molecule has 0 fully saturated rings. The first-order valence-corrected chi connectivity index (χ1v) is 12.2. The molecule has 3 aromatic heterocycles. The van der Waals surface area contributed by atoms with Crippen LogP contribution in [0.3, 0.4) is 0 Å². The number of nitrogens with zero attached hydrogens (tertiary/aromatic N) is 3. The number of hydrogen-bond acceptors (Lipinski definition) is 6. The number of carbonyl (C=O) groups is 2. The van der Waals surface area contributed by atoms with Crippen LogP contribution >= 0.6 is 22.7 Å². The smallest absolute Gasteiger partial charge is 0.326 e. The number of thiazole rings is 1. The number of thiophene rings is 1. The third-order valence-corrected chi connectivity index (χ3v) is 7.10. The van der Waals surface area contributed by atoms with Gasteiger partial charge in [0.1, 0.15) is 12.4 Å². The molecule has 2 aromatic carbocycles. The first-order chi connectivity index (χ1) is 16.5. The van der Waals surface area contributed by atoms with Crippen molar-refractivity contribution in [3.63, 3.8) is 0 Å². The predicted molar refractivity (Wildman–Crippen MR) is 131 cm³/mol. The Kier molecular flexibility index (Phi) is 6.04. The molecule has 170 valence electrons. The number of ether oxygens (including phenoxy) is 1. The highest BCUT2D eigenvalue weighted by Gasteiger charge is 2.18. The first kappa shape index (κ1) is 22.1. The van der Waals surface area contributed by atoms with Gasteiger partial charge in [0.15, 0.2) is 4.80 Å². The van der Waals surface area contributed by atoms with Crippen LogP contribution in [0.2, 0.25) is 0 Å². The van der Waals surface area contributed by atoms with E-state index in [1.807, 2.05) is 41.8 Å². The van der Waals surface area contributed by atoms with E-state index in [9.17, 15) is 14.0 Å². The van der Waals surface area contributed by atoms with E-state index < -0.39 is 17.7 Å². The second-order valence-corrected chi connectivity index (χ2v) is 9.29. The van der Waals surface area contributed by atoms with Crippen LogP contribution in [-0.2, 0) is 16.1 Å². The van der Waals surface area contributed by atoms with Crippen molar-refractivity contribution in [1.29, 1.82) is 0 Å². The summed E-state index contributed by atoms with van der Waals surface area (Å²) >= 11 is 2.67. The molecule has 0 saturated heterocycles. The highest BCUT2D eigenvalue weighted by molar-refractivity contribution is 7.16. The molecule has 0 radical (unpaired) electrons. The van der Waals surface area contributed by atoms with Crippen molar-refractivity contribution in [3.05, 3.63) is 82.2 Å². The maximum atomic E-state index is 14.7. The fraction of sp³-hybridized carbons (Fsp3) is 0.120. The second kappa shape index (κ2) is 9.28. The number of para-hydroxylation sites is 2. The zero-order chi connectivity index (χ0) is 23.7. The van der Waals surface area contributed by atoms with Gasteiger partial charge in [0, 0.05) is 5.39 Å². The first-order valence-electron chi connectivity index (χ1n) is 10.5. The van der Waals surface area contributed by atoms with Crippen LogP contribution in [0, 0.1) is 5.82 Å². The molecule has 1 amide bonds. The van der Waals surface area contributed by atoms with Crippen LogP contribution in [0.15, 0.2) is 71.0 Å². The Morgan fingerprint density at radius 2 is 1.97 bits per heavy atom. The van der Waals surface area contributed by atoms with Crippen LogP contribution in [0.4, 0.5) is 4.39 Å². The van der Waals surface area contributed by atoms with Crippen LogP contribution in [0.25, 0.3) is 31.7 Å². The summed E-state index contributed by atoms with van der Waals surface area (Å²) in [5, 5.41) is 2.61. The zero-order valence-corrected chi connectivity index (χ0v) is 19.7. The molecule has 0 aliphatic carbocycles. The molecule has 0 aliphatic rings. The SMILES string of the molecule is CCOC(=O)Cn1c(=NC(=O)c2cc(-c3cccs3)nc3ccccc23)sc2cccc(F)c21. The molecule has 5 rings (SSSR count). The van der Waals surface area contributed by atoms with E-state index >= 15 is 0 Å². The monoisotopic (exact) mass is 491 g/mol. The number of aromatic nitrogens is 2. The van der Waals surface area contributed by atoms with Crippen LogP contribution in [0.5, 0.6) is 0 Å². The zero-order valence-electron chi connectivity index (χ0n) is 18.0. The summed E-state index contributed by atoms with van der Waals surface area (Å²) in [6.07, 6.45) is 0. The van der Waals surface area contributed by atoms with Crippen molar-refractivity contribution in [1.82, 2.24) is 9.55 Å². The van der Waals surface area contributed by atoms with Gasteiger partial charge in [-0.25, -0.2) is 9.37 Å². The van der Waals surface area contributed by atoms with Crippen molar-refractivity contribution in [3.8, 4) is 10.6 Å². The number of hydrogen-bond donors (Lipinski definition) is 0. The van der Waals surface area contributed by atoms with E-state index in [0.717, 1.165) is 16.2 Å². The molecule has 0 atom stereocenters. The third kappa shape index (κ3) is 4.15. The minimum absolute atomic E-state index is 0.198. The second-order valence-electron chi connectivity index (χ2n) is 7.33. The summed E-state index contributed by atoms with van der Waals surface area (Å²) in [5.41, 5.74) is 1.95. The van der Waals surface area contributed by atoms with E-state index in [4.69, 9.17) is 9.72 Å². The third-order valence-electron chi connectivity index (χ3n) is 5.16. The summed E-state index contributed by atoms with van der Waals surface area (Å²) in [4.78, 5) is 35.9. The Balaban J connectivity index is 1.69. The minimum atomic E-state index is -0.534. The molecular weight excluding hydrogens is 473 g/mol. The highest BCUT2D eigenvalue weighted by Crippen LogP contribution is 2.28. The summed E-state index contributed by atoms with van der Waals surface area (Å²) in [5.74, 6) is -1.53. The highest BCUT2D eigenvalue weighted by atomic mass is 32.1.